The molecule has 3 nitrogen and oxygen atoms in total. The fourth-order valence-electron chi connectivity index (χ4n) is 3.27. The van der Waals surface area contributed by atoms with Gasteiger partial charge >= 0.3 is 0 Å². The topological polar surface area (TPSA) is 34.9 Å². The Hall–Kier alpha value is -2.68. The van der Waals surface area contributed by atoms with Crippen molar-refractivity contribution in [2.24, 2.45) is 0 Å². The Bertz CT molecular complexity index is 764. The molecule has 1 atom stereocenters. The van der Waals surface area contributed by atoms with Gasteiger partial charge in [-0.3, -0.25) is 9.48 Å². The summed E-state index contributed by atoms with van der Waals surface area (Å²) >= 11 is 0. The summed E-state index contributed by atoms with van der Waals surface area (Å²) < 4.78 is 1.88. The number of rotatable bonds is 3. The molecule has 1 fully saturated rings. The molecular formula is C20H18N2O. The molecular weight excluding hydrogens is 284 g/mol. The van der Waals surface area contributed by atoms with Gasteiger partial charge in [-0.2, -0.15) is 5.10 Å². The maximum Gasteiger partial charge on any atom is 0.157 e. The third-order valence-electron chi connectivity index (χ3n) is 4.46. The van der Waals surface area contributed by atoms with E-state index in [9.17, 15) is 4.79 Å². The highest BCUT2D eigenvalue weighted by Crippen LogP contribution is 2.34. The highest BCUT2D eigenvalue weighted by molar-refractivity contribution is 5.85. The number of ketones is 1. The lowest BCUT2D eigenvalue weighted by molar-refractivity contribution is -0.120. The molecule has 1 aliphatic carbocycles. The Labute approximate surface area is 135 Å². The van der Waals surface area contributed by atoms with Crippen LogP contribution in [-0.2, 0) is 4.79 Å². The molecule has 0 amide bonds. The van der Waals surface area contributed by atoms with E-state index < -0.39 is 0 Å². The first-order valence-corrected chi connectivity index (χ1v) is 8.05. The molecule has 0 radical (unpaired) electrons. The maximum absolute atomic E-state index is 12.1. The molecule has 1 heterocycles. The predicted molar refractivity (Wildman–Crippen MR) is 91.0 cm³/mol. The second-order valence-corrected chi connectivity index (χ2v) is 5.98. The van der Waals surface area contributed by atoms with Gasteiger partial charge in [0.2, 0.25) is 0 Å². The number of hydrogen-bond acceptors (Lipinski definition) is 2. The molecule has 3 aromatic rings. The number of carbonyl (C=O) groups is 1. The normalized spacial score (nSPS) is 17.6. The fourth-order valence-corrected chi connectivity index (χ4v) is 3.27. The zero-order valence-electron chi connectivity index (χ0n) is 12.9. The molecule has 1 aromatic heterocycles. The molecule has 1 saturated carbocycles. The smallest absolute Gasteiger partial charge is 0.157 e. The van der Waals surface area contributed by atoms with Gasteiger partial charge < -0.3 is 0 Å². The van der Waals surface area contributed by atoms with Crippen molar-refractivity contribution < 1.29 is 4.79 Å². The van der Waals surface area contributed by atoms with Crippen LogP contribution in [0.1, 0.15) is 25.3 Å². The molecule has 114 valence electrons. The van der Waals surface area contributed by atoms with Gasteiger partial charge in [0.1, 0.15) is 11.7 Å². The van der Waals surface area contributed by atoms with Gasteiger partial charge in [-0.15, -0.1) is 0 Å². The van der Waals surface area contributed by atoms with Crippen LogP contribution in [0.5, 0.6) is 0 Å². The van der Waals surface area contributed by atoms with Crippen molar-refractivity contribution in [3.63, 3.8) is 0 Å². The van der Waals surface area contributed by atoms with Gasteiger partial charge in [-0.25, -0.2) is 0 Å². The Kier molecular flexibility index (Phi) is 3.54. The van der Waals surface area contributed by atoms with Crippen molar-refractivity contribution in [3.8, 4) is 22.4 Å². The van der Waals surface area contributed by atoms with Crippen molar-refractivity contribution >= 4 is 5.78 Å². The average Bonchev–Trinajstić information content (AvgIpc) is 3.22. The largest absolute Gasteiger partial charge is 0.297 e. The van der Waals surface area contributed by atoms with E-state index in [4.69, 9.17) is 5.10 Å². The van der Waals surface area contributed by atoms with E-state index in [1.54, 1.807) is 0 Å². The molecule has 1 aliphatic rings. The van der Waals surface area contributed by atoms with Gasteiger partial charge in [-0.1, -0.05) is 60.7 Å². The van der Waals surface area contributed by atoms with Crippen LogP contribution in [0.4, 0.5) is 0 Å². The highest BCUT2D eigenvalue weighted by Gasteiger charge is 2.28. The lowest BCUT2D eigenvalue weighted by atomic mass is 10.0. The molecule has 1 unspecified atom stereocenters. The Morgan fingerprint density at radius 1 is 0.913 bits per heavy atom. The van der Waals surface area contributed by atoms with Crippen molar-refractivity contribution in [2.45, 2.75) is 25.3 Å². The van der Waals surface area contributed by atoms with E-state index in [1.807, 2.05) is 47.3 Å². The van der Waals surface area contributed by atoms with Crippen molar-refractivity contribution in [3.05, 3.63) is 66.9 Å². The summed E-state index contributed by atoms with van der Waals surface area (Å²) in [5, 5.41) is 4.79. The summed E-state index contributed by atoms with van der Waals surface area (Å²) in [6.07, 6.45) is 4.56. The molecule has 0 bridgehead atoms. The standard InChI is InChI=1S/C20H18N2O/c23-19-13-7-12-18(19)22-14-17(15-8-3-1-4-9-15)20(21-22)16-10-5-2-6-11-16/h1-6,8-11,14,18H,7,12-13H2. The molecule has 3 heteroatoms. The second kappa shape index (κ2) is 5.84. The SMILES string of the molecule is O=C1CCCC1n1cc(-c2ccccc2)c(-c2ccccc2)n1. The molecule has 23 heavy (non-hydrogen) atoms. The predicted octanol–water partition coefficient (Wildman–Crippen LogP) is 4.51. The minimum absolute atomic E-state index is 0.102. The molecule has 0 aliphatic heterocycles. The van der Waals surface area contributed by atoms with E-state index in [-0.39, 0.29) is 6.04 Å². The lowest BCUT2D eigenvalue weighted by Crippen LogP contribution is -2.13. The highest BCUT2D eigenvalue weighted by atomic mass is 16.1. The molecule has 4 rings (SSSR count). The van der Waals surface area contributed by atoms with Crippen molar-refractivity contribution in [1.29, 1.82) is 0 Å². The third-order valence-corrected chi connectivity index (χ3v) is 4.46. The Morgan fingerprint density at radius 3 is 2.17 bits per heavy atom. The van der Waals surface area contributed by atoms with E-state index in [0.29, 0.717) is 12.2 Å². The zero-order chi connectivity index (χ0) is 15.6. The average molecular weight is 302 g/mol. The quantitative estimate of drug-likeness (QED) is 0.713. The van der Waals surface area contributed by atoms with Gasteiger partial charge in [-0.05, 0) is 18.4 Å². The van der Waals surface area contributed by atoms with Crippen LogP contribution in [0.2, 0.25) is 0 Å². The number of aromatic nitrogens is 2. The van der Waals surface area contributed by atoms with Crippen molar-refractivity contribution in [1.82, 2.24) is 9.78 Å². The van der Waals surface area contributed by atoms with Crippen LogP contribution in [0.25, 0.3) is 22.4 Å². The molecule has 0 N–H and O–H groups in total. The summed E-state index contributed by atoms with van der Waals surface area (Å²) in [4.78, 5) is 12.1. The maximum atomic E-state index is 12.1. The van der Waals surface area contributed by atoms with Gasteiger partial charge in [0.25, 0.3) is 0 Å². The number of Topliss-reactive ketones (excluding diaryl/α,β-unsaturated/α-hetero) is 1. The summed E-state index contributed by atoms with van der Waals surface area (Å²) in [5.74, 6) is 0.298. The first kappa shape index (κ1) is 13.9. The number of benzene rings is 2. The van der Waals surface area contributed by atoms with E-state index >= 15 is 0 Å². The first-order chi connectivity index (χ1) is 11.3. The van der Waals surface area contributed by atoms with Crippen LogP contribution in [0.3, 0.4) is 0 Å². The second-order valence-electron chi connectivity index (χ2n) is 5.98. The summed E-state index contributed by atoms with van der Waals surface area (Å²) in [6, 6.07) is 20.3. The number of hydrogen-bond donors (Lipinski definition) is 0. The van der Waals surface area contributed by atoms with Gasteiger partial charge in [0, 0.05) is 23.7 Å². The Morgan fingerprint density at radius 2 is 1.57 bits per heavy atom. The van der Waals surface area contributed by atoms with E-state index in [0.717, 1.165) is 35.2 Å². The van der Waals surface area contributed by atoms with Crippen LogP contribution in [-0.4, -0.2) is 15.6 Å². The van der Waals surface area contributed by atoms with Crippen LogP contribution < -0.4 is 0 Å². The summed E-state index contributed by atoms with van der Waals surface area (Å²) in [5.41, 5.74) is 4.23. The summed E-state index contributed by atoms with van der Waals surface area (Å²) in [6.45, 7) is 0. The fraction of sp³-hybridized carbons (Fsp3) is 0.200. The van der Waals surface area contributed by atoms with Crippen LogP contribution in [0, 0.1) is 0 Å². The minimum atomic E-state index is -0.102. The first-order valence-electron chi connectivity index (χ1n) is 8.05. The monoisotopic (exact) mass is 302 g/mol. The molecule has 0 spiro atoms. The number of carbonyl (C=O) groups excluding carboxylic acids is 1. The molecule has 2 aromatic carbocycles. The van der Waals surface area contributed by atoms with E-state index in [1.165, 1.54) is 0 Å². The van der Waals surface area contributed by atoms with Crippen LogP contribution >= 0.6 is 0 Å². The third kappa shape index (κ3) is 2.59. The lowest BCUT2D eigenvalue weighted by Gasteiger charge is -2.07. The number of nitrogens with zero attached hydrogens (tertiary/aromatic N) is 2. The van der Waals surface area contributed by atoms with Crippen molar-refractivity contribution in [2.75, 3.05) is 0 Å². The van der Waals surface area contributed by atoms with Gasteiger partial charge in [0.05, 0.1) is 0 Å². The van der Waals surface area contributed by atoms with Gasteiger partial charge in [0.15, 0.2) is 5.78 Å². The van der Waals surface area contributed by atoms with E-state index in [2.05, 4.69) is 24.3 Å². The Balaban J connectivity index is 1.86. The summed E-state index contributed by atoms with van der Waals surface area (Å²) in [7, 11) is 0. The molecule has 0 saturated heterocycles. The van der Waals surface area contributed by atoms with Crippen LogP contribution in [0.15, 0.2) is 66.9 Å². The zero-order valence-corrected chi connectivity index (χ0v) is 12.9. The minimum Gasteiger partial charge on any atom is -0.297 e.